The van der Waals surface area contributed by atoms with Crippen LogP contribution in [0.15, 0.2) is 16.3 Å². The molecule has 0 spiro atoms. The van der Waals surface area contributed by atoms with Gasteiger partial charge in [-0.25, -0.2) is 22.9 Å². The predicted octanol–water partition coefficient (Wildman–Crippen LogP) is 1.05. The molecule has 2 N–H and O–H groups in total. The Hall–Kier alpha value is -2.07. The Morgan fingerprint density at radius 1 is 1.25 bits per heavy atom. The third kappa shape index (κ3) is 2.91. The molecule has 2 aromatic heterocycles. The van der Waals surface area contributed by atoms with Crippen LogP contribution in [-0.2, 0) is 10.0 Å². The van der Waals surface area contributed by atoms with Crippen molar-refractivity contribution in [3.05, 3.63) is 28.4 Å². The van der Waals surface area contributed by atoms with Crippen LogP contribution in [0.4, 0.5) is 5.95 Å². The summed E-state index contributed by atoms with van der Waals surface area (Å²) in [5, 5.41) is 16.2. The molecule has 2 rings (SSSR count). The third-order valence-corrected chi connectivity index (χ3v) is 5.27. The van der Waals surface area contributed by atoms with Gasteiger partial charge in [0.05, 0.1) is 11.4 Å². The van der Waals surface area contributed by atoms with Gasteiger partial charge >= 0.3 is 5.97 Å². The standard InChI is InChI=1S/C10H10N4O4S2/c1-5-6(2)12-13-10(11-5)14-20(17,18)8-4-3-7(19-8)9(15)16/h3-4H,1-2H3,(H,15,16)(H,11,13,14). The van der Waals surface area contributed by atoms with Crippen molar-refractivity contribution in [3.63, 3.8) is 0 Å². The fraction of sp³-hybridized carbons (Fsp3) is 0.200. The van der Waals surface area contributed by atoms with Gasteiger partial charge in [-0.1, -0.05) is 0 Å². The van der Waals surface area contributed by atoms with E-state index in [9.17, 15) is 13.2 Å². The van der Waals surface area contributed by atoms with E-state index in [1.165, 1.54) is 12.1 Å². The van der Waals surface area contributed by atoms with Gasteiger partial charge in [0.1, 0.15) is 9.09 Å². The first-order valence-corrected chi connectivity index (χ1v) is 7.63. The van der Waals surface area contributed by atoms with Gasteiger partial charge < -0.3 is 5.11 Å². The molecule has 0 aliphatic heterocycles. The average molecular weight is 314 g/mol. The van der Waals surface area contributed by atoms with E-state index in [1.807, 2.05) is 0 Å². The number of carbonyl (C=O) groups is 1. The molecule has 0 amide bonds. The lowest BCUT2D eigenvalue weighted by Gasteiger charge is -2.05. The maximum absolute atomic E-state index is 12.0. The summed E-state index contributed by atoms with van der Waals surface area (Å²) in [6.07, 6.45) is 0. The first kappa shape index (κ1) is 14.3. The zero-order valence-electron chi connectivity index (χ0n) is 10.5. The van der Waals surface area contributed by atoms with Crippen LogP contribution in [0, 0.1) is 13.8 Å². The number of carboxylic acid groups (broad SMARTS) is 1. The number of thiophene rings is 1. The molecule has 0 saturated carbocycles. The molecular formula is C10H10N4O4S2. The fourth-order valence-corrected chi connectivity index (χ4v) is 3.33. The van der Waals surface area contributed by atoms with Crippen LogP contribution in [0.2, 0.25) is 0 Å². The van der Waals surface area contributed by atoms with E-state index in [0.717, 1.165) is 0 Å². The number of hydrogen-bond donors (Lipinski definition) is 2. The van der Waals surface area contributed by atoms with Crippen molar-refractivity contribution >= 4 is 33.3 Å². The molecule has 2 aromatic rings. The normalized spacial score (nSPS) is 11.3. The van der Waals surface area contributed by atoms with E-state index >= 15 is 0 Å². The number of aryl methyl sites for hydroxylation is 2. The molecule has 0 aliphatic rings. The number of aromatic carboxylic acids is 1. The summed E-state index contributed by atoms with van der Waals surface area (Å²) in [6.45, 7) is 3.38. The van der Waals surface area contributed by atoms with Crippen LogP contribution < -0.4 is 4.72 Å². The maximum atomic E-state index is 12.0. The highest BCUT2D eigenvalue weighted by molar-refractivity contribution is 7.94. The molecule has 0 bridgehead atoms. The molecule has 0 fully saturated rings. The number of sulfonamides is 1. The lowest BCUT2D eigenvalue weighted by Crippen LogP contribution is -2.15. The van der Waals surface area contributed by atoms with Gasteiger partial charge in [-0.2, -0.15) is 5.10 Å². The summed E-state index contributed by atoms with van der Waals surface area (Å²) in [4.78, 5) is 14.6. The molecule has 106 valence electrons. The predicted molar refractivity (Wildman–Crippen MR) is 71.4 cm³/mol. The minimum absolute atomic E-state index is 0.0653. The Morgan fingerprint density at radius 2 is 1.95 bits per heavy atom. The van der Waals surface area contributed by atoms with Gasteiger partial charge in [0, 0.05) is 0 Å². The number of nitrogens with zero attached hydrogens (tertiary/aromatic N) is 3. The number of aromatic nitrogens is 3. The van der Waals surface area contributed by atoms with E-state index in [4.69, 9.17) is 5.11 Å². The topological polar surface area (TPSA) is 122 Å². The zero-order valence-corrected chi connectivity index (χ0v) is 12.1. The van der Waals surface area contributed by atoms with E-state index < -0.39 is 16.0 Å². The summed E-state index contributed by atoms with van der Waals surface area (Å²) >= 11 is 0.649. The van der Waals surface area contributed by atoms with Crippen molar-refractivity contribution in [2.75, 3.05) is 4.72 Å². The smallest absolute Gasteiger partial charge is 0.345 e. The summed E-state index contributed by atoms with van der Waals surface area (Å²) < 4.78 is 26.1. The van der Waals surface area contributed by atoms with Gasteiger partial charge in [0.15, 0.2) is 0 Å². The first-order valence-electron chi connectivity index (χ1n) is 5.33. The Morgan fingerprint density at radius 3 is 2.50 bits per heavy atom. The van der Waals surface area contributed by atoms with E-state index in [2.05, 4.69) is 19.9 Å². The molecule has 0 unspecified atom stereocenters. The average Bonchev–Trinajstić information content (AvgIpc) is 2.84. The number of hydrogen-bond acceptors (Lipinski definition) is 7. The first-order chi connectivity index (χ1) is 9.29. The number of anilines is 1. The van der Waals surface area contributed by atoms with Crippen LogP contribution in [0.3, 0.4) is 0 Å². The number of rotatable bonds is 4. The Kier molecular flexibility index (Phi) is 3.68. The molecule has 10 heteroatoms. The molecule has 0 atom stereocenters. The van der Waals surface area contributed by atoms with Crippen molar-refractivity contribution in [1.29, 1.82) is 0 Å². The van der Waals surface area contributed by atoms with Gasteiger partial charge in [0.2, 0.25) is 0 Å². The summed E-state index contributed by atoms with van der Waals surface area (Å²) in [5.74, 6) is -1.33. The highest BCUT2D eigenvalue weighted by Gasteiger charge is 2.20. The van der Waals surface area contributed by atoms with Crippen molar-refractivity contribution in [2.45, 2.75) is 18.1 Å². The summed E-state index contributed by atoms with van der Waals surface area (Å²) in [6, 6.07) is 2.44. The second-order valence-corrected chi connectivity index (χ2v) is 6.83. The van der Waals surface area contributed by atoms with Crippen molar-refractivity contribution in [2.24, 2.45) is 0 Å². The van der Waals surface area contributed by atoms with E-state index in [1.54, 1.807) is 13.8 Å². The minimum atomic E-state index is -3.92. The molecule has 0 saturated heterocycles. The molecule has 8 nitrogen and oxygen atoms in total. The lowest BCUT2D eigenvalue weighted by molar-refractivity contribution is 0.0702. The second kappa shape index (κ2) is 5.13. The second-order valence-electron chi connectivity index (χ2n) is 3.84. The maximum Gasteiger partial charge on any atom is 0.345 e. The van der Waals surface area contributed by atoms with Crippen LogP contribution in [0.5, 0.6) is 0 Å². The largest absolute Gasteiger partial charge is 0.477 e. The highest BCUT2D eigenvalue weighted by Crippen LogP contribution is 2.23. The molecule has 20 heavy (non-hydrogen) atoms. The van der Waals surface area contributed by atoms with Crippen molar-refractivity contribution in [3.8, 4) is 0 Å². The number of carboxylic acids is 1. The van der Waals surface area contributed by atoms with Crippen LogP contribution >= 0.6 is 11.3 Å². The fourth-order valence-electron chi connectivity index (χ4n) is 1.25. The van der Waals surface area contributed by atoms with Crippen molar-refractivity contribution < 1.29 is 18.3 Å². The van der Waals surface area contributed by atoms with Gasteiger partial charge in [-0.3, -0.25) is 0 Å². The van der Waals surface area contributed by atoms with E-state index in [0.29, 0.717) is 22.7 Å². The quantitative estimate of drug-likeness (QED) is 0.864. The highest BCUT2D eigenvalue weighted by atomic mass is 32.2. The van der Waals surface area contributed by atoms with Gasteiger partial charge in [0.25, 0.3) is 16.0 Å². The van der Waals surface area contributed by atoms with Crippen molar-refractivity contribution in [1.82, 2.24) is 15.2 Å². The third-order valence-electron chi connectivity index (χ3n) is 2.37. The Bertz CT molecular complexity index is 769. The molecule has 0 aliphatic carbocycles. The summed E-state index contributed by atoms with van der Waals surface area (Å²) in [5.41, 5.74) is 1.15. The minimum Gasteiger partial charge on any atom is -0.477 e. The van der Waals surface area contributed by atoms with Crippen LogP contribution in [-0.4, -0.2) is 34.7 Å². The number of nitrogens with one attached hydrogen (secondary N) is 1. The monoisotopic (exact) mass is 314 g/mol. The Balaban J connectivity index is 2.30. The van der Waals surface area contributed by atoms with Gasteiger partial charge in [-0.15, -0.1) is 16.4 Å². The molecular weight excluding hydrogens is 304 g/mol. The molecule has 2 heterocycles. The van der Waals surface area contributed by atoms with Crippen LogP contribution in [0.25, 0.3) is 0 Å². The summed E-state index contributed by atoms with van der Waals surface area (Å²) in [7, 11) is -3.92. The lowest BCUT2D eigenvalue weighted by atomic mass is 10.4. The Labute approximate surface area is 118 Å². The molecule has 0 aromatic carbocycles. The molecule has 0 radical (unpaired) electrons. The zero-order chi connectivity index (χ0) is 14.9. The van der Waals surface area contributed by atoms with E-state index in [-0.39, 0.29) is 15.0 Å². The van der Waals surface area contributed by atoms with Crippen LogP contribution in [0.1, 0.15) is 21.1 Å². The van der Waals surface area contributed by atoms with Gasteiger partial charge in [-0.05, 0) is 26.0 Å². The SMILES string of the molecule is Cc1nnc(NS(=O)(=O)c2ccc(C(=O)O)s2)nc1C.